The van der Waals surface area contributed by atoms with Crippen LogP contribution in [-0.2, 0) is 16.0 Å². The molecule has 2 aromatic carbocycles. The van der Waals surface area contributed by atoms with E-state index in [4.69, 9.17) is 15.2 Å². The van der Waals surface area contributed by atoms with E-state index in [0.29, 0.717) is 12.3 Å². The lowest BCUT2D eigenvalue weighted by molar-refractivity contribution is -0.118. The van der Waals surface area contributed by atoms with Crippen LogP contribution in [0.3, 0.4) is 0 Å². The highest BCUT2D eigenvalue weighted by Crippen LogP contribution is 2.31. The van der Waals surface area contributed by atoms with E-state index >= 15 is 0 Å². The molecule has 1 aliphatic heterocycles. The Labute approximate surface area is 165 Å². The Morgan fingerprint density at radius 2 is 1.86 bits per heavy atom. The highest BCUT2D eigenvalue weighted by Gasteiger charge is 2.26. The van der Waals surface area contributed by atoms with E-state index in [-0.39, 0.29) is 18.9 Å². The molecular formula is C22H26N2O4. The van der Waals surface area contributed by atoms with Gasteiger partial charge in [-0.15, -0.1) is 0 Å². The Morgan fingerprint density at radius 1 is 1.18 bits per heavy atom. The smallest absolute Gasteiger partial charge is 0.434 e. The molecule has 1 aliphatic rings. The number of rotatable bonds is 5. The van der Waals surface area contributed by atoms with Crippen molar-refractivity contribution in [3.63, 3.8) is 0 Å². The molecule has 148 valence electrons. The topological polar surface area (TPSA) is 81.9 Å². The first-order valence-corrected chi connectivity index (χ1v) is 9.50. The van der Waals surface area contributed by atoms with Gasteiger partial charge in [0.15, 0.2) is 0 Å². The van der Waals surface area contributed by atoms with Crippen LogP contribution in [0.2, 0.25) is 0 Å². The number of aryl methyl sites for hydroxylation is 2. The van der Waals surface area contributed by atoms with Crippen LogP contribution >= 0.6 is 0 Å². The van der Waals surface area contributed by atoms with E-state index in [0.717, 1.165) is 28.8 Å². The summed E-state index contributed by atoms with van der Waals surface area (Å²) in [6.07, 6.45) is 0.352. The maximum Gasteiger partial charge on any atom is 0.513 e. The summed E-state index contributed by atoms with van der Waals surface area (Å²) in [5.74, 6) is 0.423. The molecule has 2 N–H and O–H groups in total. The molecule has 2 aromatic rings. The van der Waals surface area contributed by atoms with E-state index in [2.05, 4.69) is 6.07 Å². The molecule has 0 bridgehead atoms. The van der Waals surface area contributed by atoms with Gasteiger partial charge in [0.05, 0.1) is 6.61 Å². The van der Waals surface area contributed by atoms with E-state index in [1.165, 1.54) is 5.56 Å². The molecule has 1 unspecified atom stereocenters. The number of fused-ring (bicyclic) bond motifs is 1. The molecule has 0 spiro atoms. The highest BCUT2D eigenvalue weighted by molar-refractivity contribution is 5.95. The molecule has 0 aliphatic carbocycles. The number of ether oxygens (including phenoxy) is 2. The van der Waals surface area contributed by atoms with E-state index < -0.39 is 12.2 Å². The van der Waals surface area contributed by atoms with Crippen molar-refractivity contribution in [3.05, 3.63) is 58.7 Å². The van der Waals surface area contributed by atoms with Crippen molar-refractivity contribution in [1.29, 1.82) is 0 Å². The van der Waals surface area contributed by atoms with Crippen molar-refractivity contribution in [2.75, 3.05) is 18.1 Å². The number of hydrogen-bond donors (Lipinski definition) is 1. The molecule has 1 heterocycles. The van der Waals surface area contributed by atoms with Crippen LogP contribution < -0.4 is 15.4 Å². The van der Waals surface area contributed by atoms with Gasteiger partial charge in [-0.1, -0.05) is 18.2 Å². The first-order valence-electron chi connectivity index (χ1n) is 9.50. The summed E-state index contributed by atoms with van der Waals surface area (Å²) in [5.41, 5.74) is 11.2. The fraction of sp³-hybridized carbons (Fsp3) is 0.364. The average Bonchev–Trinajstić information content (AvgIpc) is 3.05. The minimum absolute atomic E-state index is 0.0168. The second-order valence-electron chi connectivity index (χ2n) is 6.99. The van der Waals surface area contributed by atoms with Crippen molar-refractivity contribution >= 4 is 17.7 Å². The van der Waals surface area contributed by atoms with Gasteiger partial charge in [0.2, 0.25) is 5.91 Å². The molecule has 1 amide bonds. The van der Waals surface area contributed by atoms with Crippen LogP contribution in [0.5, 0.6) is 5.75 Å². The molecular weight excluding hydrogens is 356 g/mol. The van der Waals surface area contributed by atoms with Gasteiger partial charge < -0.3 is 20.1 Å². The summed E-state index contributed by atoms with van der Waals surface area (Å²) in [7, 11) is 0. The Hall–Kier alpha value is -2.86. The Morgan fingerprint density at radius 3 is 2.54 bits per heavy atom. The predicted molar refractivity (Wildman–Crippen MR) is 108 cm³/mol. The molecule has 1 atom stereocenters. The third-order valence-corrected chi connectivity index (χ3v) is 4.98. The zero-order chi connectivity index (χ0) is 20.3. The first-order chi connectivity index (χ1) is 13.4. The lowest BCUT2D eigenvalue weighted by atomic mass is 9.94. The molecule has 3 rings (SSSR count). The van der Waals surface area contributed by atoms with Crippen LogP contribution in [0.1, 0.15) is 41.6 Å². The Balaban J connectivity index is 1.73. The number of benzene rings is 2. The number of carbonyl (C=O) groups is 2. The molecule has 6 nitrogen and oxygen atoms in total. The van der Waals surface area contributed by atoms with Crippen molar-refractivity contribution in [3.8, 4) is 5.75 Å². The summed E-state index contributed by atoms with van der Waals surface area (Å²) in [5, 5.41) is 0. The molecule has 0 fully saturated rings. The SMILES string of the molecule is CCOC(=O)Oc1cc(C)c(C(N)CC(=O)N2CCc3ccccc32)c(C)c1. The second kappa shape index (κ2) is 8.44. The maximum absolute atomic E-state index is 12.9. The van der Waals surface area contributed by atoms with Gasteiger partial charge in [-0.05, 0) is 67.6 Å². The van der Waals surface area contributed by atoms with Crippen LogP contribution in [0.25, 0.3) is 0 Å². The molecule has 0 saturated carbocycles. The molecule has 6 heteroatoms. The van der Waals surface area contributed by atoms with Crippen molar-refractivity contribution < 1.29 is 19.1 Å². The molecule has 0 aromatic heterocycles. The lowest BCUT2D eigenvalue weighted by Crippen LogP contribution is -2.32. The Bertz CT molecular complexity index is 871. The van der Waals surface area contributed by atoms with Gasteiger partial charge in [-0.25, -0.2) is 4.79 Å². The van der Waals surface area contributed by atoms with Crippen LogP contribution in [0.4, 0.5) is 10.5 Å². The van der Waals surface area contributed by atoms with Crippen LogP contribution in [0.15, 0.2) is 36.4 Å². The zero-order valence-electron chi connectivity index (χ0n) is 16.5. The summed E-state index contributed by atoms with van der Waals surface area (Å²) in [6, 6.07) is 11.0. The number of anilines is 1. The van der Waals surface area contributed by atoms with Crippen molar-refractivity contribution in [2.45, 2.75) is 39.7 Å². The predicted octanol–water partition coefficient (Wildman–Crippen LogP) is 3.82. The summed E-state index contributed by atoms with van der Waals surface area (Å²) in [6.45, 7) is 6.46. The number of carbonyl (C=O) groups excluding carboxylic acids is 2. The van der Waals surface area contributed by atoms with Gasteiger partial charge in [-0.3, -0.25) is 4.79 Å². The van der Waals surface area contributed by atoms with Gasteiger partial charge in [0.1, 0.15) is 5.75 Å². The van der Waals surface area contributed by atoms with Crippen molar-refractivity contribution in [1.82, 2.24) is 0 Å². The van der Waals surface area contributed by atoms with Gasteiger partial charge in [0, 0.05) is 24.7 Å². The zero-order valence-corrected chi connectivity index (χ0v) is 16.5. The fourth-order valence-corrected chi connectivity index (χ4v) is 3.82. The van der Waals surface area contributed by atoms with Gasteiger partial charge in [-0.2, -0.15) is 0 Å². The minimum atomic E-state index is -0.735. The maximum atomic E-state index is 12.9. The third-order valence-electron chi connectivity index (χ3n) is 4.98. The number of hydrogen-bond acceptors (Lipinski definition) is 5. The molecule has 0 saturated heterocycles. The monoisotopic (exact) mass is 382 g/mol. The van der Waals surface area contributed by atoms with Crippen molar-refractivity contribution in [2.24, 2.45) is 5.73 Å². The number of amides is 1. The van der Waals surface area contributed by atoms with Crippen LogP contribution in [0, 0.1) is 13.8 Å². The van der Waals surface area contributed by atoms with E-state index in [1.807, 2.05) is 36.9 Å². The van der Waals surface area contributed by atoms with Gasteiger partial charge >= 0.3 is 6.16 Å². The van der Waals surface area contributed by atoms with E-state index in [9.17, 15) is 9.59 Å². The summed E-state index contributed by atoms with van der Waals surface area (Å²) >= 11 is 0. The number of para-hydroxylation sites is 1. The average molecular weight is 382 g/mol. The molecule has 0 radical (unpaired) electrons. The summed E-state index contributed by atoms with van der Waals surface area (Å²) < 4.78 is 9.98. The van der Waals surface area contributed by atoms with Crippen LogP contribution in [-0.4, -0.2) is 25.2 Å². The highest BCUT2D eigenvalue weighted by atomic mass is 16.7. The quantitative estimate of drug-likeness (QED) is 0.628. The largest absolute Gasteiger partial charge is 0.513 e. The fourth-order valence-electron chi connectivity index (χ4n) is 3.82. The second-order valence-corrected chi connectivity index (χ2v) is 6.99. The lowest BCUT2D eigenvalue weighted by Gasteiger charge is -2.22. The summed E-state index contributed by atoms with van der Waals surface area (Å²) in [4.78, 5) is 26.2. The Kier molecular flexibility index (Phi) is 5.99. The first kappa shape index (κ1) is 19.9. The number of nitrogens with zero attached hydrogens (tertiary/aromatic N) is 1. The third kappa shape index (κ3) is 4.17. The number of nitrogens with two attached hydrogens (primary N) is 1. The normalized spacial score (nSPS) is 13.8. The minimum Gasteiger partial charge on any atom is -0.434 e. The standard InChI is InChI=1S/C22H26N2O4/c1-4-27-22(26)28-17-11-14(2)21(15(3)12-17)18(23)13-20(25)24-10-9-16-7-5-6-8-19(16)24/h5-8,11-12,18H,4,9-10,13,23H2,1-3H3. The van der Waals surface area contributed by atoms with Gasteiger partial charge in [0.25, 0.3) is 0 Å². The molecule has 28 heavy (non-hydrogen) atoms. The van der Waals surface area contributed by atoms with E-state index in [1.54, 1.807) is 19.1 Å².